The number of hydrogen-bond donors (Lipinski definition) is 1. The van der Waals surface area contributed by atoms with Crippen LogP contribution >= 0.6 is 0 Å². The topological polar surface area (TPSA) is 55.0 Å². The summed E-state index contributed by atoms with van der Waals surface area (Å²) in [7, 11) is 1.65. The van der Waals surface area contributed by atoms with Gasteiger partial charge in [0.15, 0.2) is 0 Å². The van der Waals surface area contributed by atoms with Crippen LogP contribution in [0.3, 0.4) is 0 Å². The minimum Gasteiger partial charge on any atom is -0.496 e. The monoisotopic (exact) mass is 272 g/mol. The smallest absolute Gasteiger partial charge is 0.254 e. The zero-order valence-corrected chi connectivity index (χ0v) is 12.6. The Morgan fingerprint density at radius 3 is 2.55 bits per heavy atom. The molecule has 4 nitrogen and oxygen atoms in total. The molecule has 0 saturated carbocycles. The van der Waals surface area contributed by atoms with E-state index in [1.54, 1.807) is 7.11 Å². The van der Waals surface area contributed by atoms with Crippen LogP contribution in [0.15, 0.2) is 23.3 Å². The van der Waals surface area contributed by atoms with Crippen LogP contribution in [-0.2, 0) is 0 Å². The van der Waals surface area contributed by atoms with Crippen molar-refractivity contribution in [2.75, 3.05) is 7.11 Å². The van der Waals surface area contributed by atoms with E-state index in [-0.39, 0.29) is 11.5 Å². The molecule has 1 aromatic heterocycles. The summed E-state index contributed by atoms with van der Waals surface area (Å²) >= 11 is 0. The van der Waals surface area contributed by atoms with E-state index in [2.05, 4.69) is 9.97 Å². The summed E-state index contributed by atoms with van der Waals surface area (Å²) in [5, 5.41) is 0. The molecule has 0 fully saturated rings. The predicted molar refractivity (Wildman–Crippen MR) is 80.4 cm³/mol. The Kier molecular flexibility index (Phi) is 3.93. The number of methoxy groups -OCH3 is 1. The molecule has 0 aliphatic carbocycles. The van der Waals surface area contributed by atoms with Gasteiger partial charge >= 0.3 is 0 Å². The summed E-state index contributed by atoms with van der Waals surface area (Å²) < 4.78 is 5.53. The van der Waals surface area contributed by atoms with Crippen LogP contribution in [0.4, 0.5) is 0 Å². The first-order chi connectivity index (χ1) is 9.47. The van der Waals surface area contributed by atoms with Gasteiger partial charge in [-0.3, -0.25) is 4.79 Å². The molecule has 0 aliphatic rings. The zero-order chi connectivity index (χ0) is 14.9. The Morgan fingerprint density at radius 1 is 1.25 bits per heavy atom. The van der Waals surface area contributed by atoms with E-state index >= 15 is 0 Å². The van der Waals surface area contributed by atoms with Gasteiger partial charge in [0, 0.05) is 11.1 Å². The highest BCUT2D eigenvalue weighted by Gasteiger charge is 2.18. The molecule has 0 spiro atoms. The van der Waals surface area contributed by atoms with E-state index in [0.717, 1.165) is 22.4 Å². The number of aromatic nitrogens is 2. The molecule has 2 rings (SSSR count). The van der Waals surface area contributed by atoms with E-state index in [1.807, 2.05) is 39.8 Å². The van der Waals surface area contributed by atoms with E-state index in [1.165, 1.54) is 6.33 Å². The highest BCUT2D eigenvalue weighted by Crippen LogP contribution is 2.35. The Bertz CT molecular complexity index is 687. The third-order valence-electron chi connectivity index (χ3n) is 3.60. The van der Waals surface area contributed by atoms with Crippen molar-refractivity contribution in [1.82, 2.24) is 9.97 Å². The van der Waals surface area contributed by atoms with Crippen molar-refractivity contribution in [3.63, 3.8) is 0 Å². The van der Waals surface area contributed by atoms with Crippen LogP contribution in [0.2, 0.25) is 0 Å². The zero-order valence-electron chi connectivity index (χ0n) is 12.6. The highest BCUT2D eigenvalue weighted by molar-refractivity contribution is 5.72. The van der Waals surface area contributed by atoms with Gasteiger partial charge in [0.1, 0.15) is 5.75 Å². The molecule has 1 heterocycles. The van der Waals surface area contributed by atoms with Gasteiger partial charge in [-0.1, -0.05) is 19.9 Å². The van der Waals surface area contributed by atoms with E-state index < -0.39 is 0 Å². The lowest BCUT2D eigenvalue weighted by atomic mass is 9.95. The summed E-state index contributed by atoms with van der Waals surface area (Å²) in [4.78, 5) is 19.1. The number of nitrogens with zero attached hydrogens (tertiary/aromatic N) is 1. The van der Waals surface area contributed by atoms with Crippen molar-refractivity contribution in [2.24, 2.45) is 0 Å². The maximum atomic E-state index is 12.1. The molecule has 0 atom stereocenters. The van der Waals surface area contributed by atoms with Crippen molar-refractivity contribution in [3.05, 3.63) is 45.5 Å². The van der Waals surface area contributed by atoms with Crippen LogP contribution in [0.5, 0.6) is 5.75 Å². The van der Waals surface area contributed by atoms with Crippen molar-refractivity contribution in [2.45, 2.75) is 33.6 Å². The van der Waals surface area contributed by atoms with Gasteiger partial charge in [0.05, 0.1) is 19.1 Å². The number of H-pyrrole nitrogens is 1. The molecule has 2 aromatic rings. The lowest BCUT2D eigenvalue weighted by molar-refractivity contribution is 0.412. The standard InChI is InChI=1S/C16H20N2O2/c1-9(2)13-14(17-8-18-16(13)19)12-7-6-10(3)11(4)15(12)20-5/h6-9H,1-5H3,(H,17,18,19). The maximum absolute atomic E-state index is 12.1. The fourth-order valence-corrected chi connectivity index (χ4v) is 2.40. The van der Waals surface area contributed by atoms with Crippen molar-refractivity contribution < 1.29 is 4.74 Å². The van der Waals surface area contributed by atoms with Crippen molar-refractivity contribution in [1.29, 1.82) is 0 Å². The summed E-state index contributed by atoms with van der Waals surface area (Å²) in [5.41, 5.74) is 4.39. The molecule has 0 radical (unpaired) electrons. The number of rotatable bonds is 3. The average molecular weight is 272 g/mol. The first kappa shape index (κ1) is 14.3. The Labute approximate surface area is 118 Å². The lowest BCUT2D eigenvalue weighted by Crippen LogP contribution is -2.16. The summed E-state index contributed by atoms with van der Waals surface area (Å²) in [6, 6.07) is 4.00. The minimum absolute atomic E-state index is 0.0914. The molecule has 1 N–H and O–H groups in total. The summed E-state index contributed by atoms with van der Waals surface area (Å²) in [6.07, 6.45) is 1.44. The Hall–Kier alpha value is -2.10. The van der Waals surface area contributed by atoms with Gasteiger partial charge in [0.25, 0.3) is 5.56 Å². The lowest BCUT2D eigenvalue weighted by Gasteiger charge is -2.16. The van der Waals surface area contributed by atoms with E-state index in [9.17, 15) is 4.79 Å². The van der Waals surface area contributed by atoms with Crippen molar-refractivity contribution >= 4 is 0 Å². The second-order valence-electron chi connectivity index (χ2n) is 5.24. The molecule has 0 unspecified atom stereocenters. The molecule has 0 bridgehead atoms. The minimum atomic E-state index is -0.0923. The van der Waals surface area contributed by atoms with Gasteiger partial charge in [0.2, 0.25) is 0 Å². The van der Waals surface area contributed by atoms with Crippen LogP contribution < -0.4 is 10.3 Å². The van der Waals surface area contributed by atoms with Crippen LogP contribution in [0.25, 0.3) is 11.3 Å². The number of benzene rings is 1. The summed E-state index contributed by atoms with van der Waals surface area (Å²) in [6.45, 7) is 8.03. The quantitative estimate of drug-likeness (QED) is 0.933. The second-order valence-corrected chi connectivity index (χ2v) is 5.24. The van der Waals surface area contributed by atoms with Gasteiger partial charge in [-0.05, 0) is 37.0 Å². The maximum Gasteiger partial charge on any atom is 0.254 e. The van der Waals surface area contributed by atoms with Crippen LogP contribution in [0.1, 0.15) is 36.5 Å². The molecule has 106 valence electrons. The number of aryl methyl sites for hydroxylation is 1. The molecule has 4 heteroatoms. The fourth-order valence-electron chi connectivity index (χ4n) is 2.40. The molecule has 0 aliphatic heterocycles. The Balaban J connectivity index is 2.79. The van der Waals surface area contributed by atoms with Gasteiger partial charge in [-0.2, -0.15) is 0 Å². The average Bonchev–Trinajstić information content (AvgIpc) is 2.41. The molecule has 0 amide bonds. The first-order valence-corrected chi connectivity index (χ1v) is 6.69. The first-order valence-electron chi connectivity index (χ1n) is 6.69. The van der Waals surface area contributed by atoms with Gasteiger partial charge in [-0.25, -0.2) is 4.98 Å². The molecular formula is C16H20N2O2. The van der Waals surface area contributed by atoms with Gasteiger partial charge in [-0.15, -0.1) is 0 Å². The van der Waals surface area contributed by atoms with Crippen molar-refractivity contribution in [3.8, 4) is 17.0 Å². The SMILES string of the molecule is COc1c(-c2nc[nH]c(=O)c2C(C)C)ccc(C)c1C. The number of nitrogens with one attached hydrogen (secondary N) is 1. The Morgan fingerprint density at radius 2 is 1.95 bits per heavy atom. The fraction of sp³-hybridized carbons (Fsp3) is 0.375. The van der Waals surface area contributed by atoms with E-state index in [0.29, 0.717) is 11.3 Å². The van der Waals surface area contributed by atoms with Crippen LogP contribution in [-0.4, -0.2) is 17.1 Å². The van der Waals surface area contributed by atoms with E-state index in [4.69, 9.17) is 4.74 Å². The molecule has 20 heavy (non-hydrogen) atoms. The number of aromatic amines is 1. The normalized spacial score (nSPS) is 10.9. The third kappa shape index (κ3) is 2.33. The van der Waals surface area contributed by atoms with Crippen LogP contribution in [0, 0.1) is 13.8 Å². The second kappa shape index (κ2) is 5.49. The largest absolute Gasteiger partial charge is 0.496 e. The predicted octanol–water partition coefficient (Wildman–Crippen LogP) is 3.19. The van der Waals surface area contributed by atoms with Gasteiger partial charge < -0.3 is 9.72 Å². The number of ether oxygens (including phenoxy) is 1. The third-order valence-corrected chi connectivity index (χ3v) is 3.60. The summed E-state index contributed by atoms with van der Waals surface area (Å²) in [5.74, 6) is 0.874. The number of hydrogen-bond acceptors (Lipinski definition) is 3. The highest BCUT2D eigenvalue weighted by atomic mass is 16.5. The molecule has 0 saturated heterocycles. The molecular weight excluding hydrogens is 252 g/mol. The molecule has 1 aromatic carbocycles.